The first kappa shape index (κ1) is 12.2. The third kappa shape index (κ3) is 4.03. The number of aldehydes is 1. The molecule has 0 fully saturated rings. The van der Waals surface area contributed by atoms with Crippen LogP contribution in [-0.2, 0) is 4.79 Å². The van der Waals surface area contributed by atoms with E-state index in [4.69, 9.17) is 0 Å². The number of hydrogen-bond donors (Lipinski definition) is 0. The molecule has 0 saturated heterocycles. The second-order valence-corrected chi connectivity index (χ2v) is 4.90. The smallest absolute Gasteiger partial charge is 0.123 e. The number of rotatable bonds is 4. The molecular weight excluding hydrogens is 184 g/mol. The van der Waals surface area contributed by atoms with Gasteiger partial charge in [-0.05, 0) is 45.4 Å². The fraction of sp³-hybridized carbons (Fsp3) is 0.643. The molecule has 1 aliphatic carbocycles. The molecule has 0 amide bonds. The maximum atomic E-state index is 10.7. The Bertz CT molecular complexity index is 269. The van der Waals surface area contributed by atoms with E-state index in [9.17, 15) is 4.79 Å². The van der Waals surface area contributed by atoms with Crippen molar-refractivity contribution in [2.45, 2.75) is 46.5 Å². The van der Waals surface area contributed by atoms with Crippen LogP contribution in [0.1, 0.15) is 46.5 Å². The topological polar surface area (TPSA) is 17.1 Å². The van der Waals surface area contributed by atoms with Crippen molar-refractivity contribution in [3.05, 3.63) is 23.3 Å². The predicted molar refractivity (Wildman–Crippen MR) is 64.7 cm³/mol. The van der Waals surface area contributed by atoms with Crippen LogP contribution in [0.5, 0.6) is 0 Å². The highest BCUT2D eigenvalue weighted by atomic mass is 16.1. The minimum atomic E-state index is 0.261. The Kier molecular flexibility index (Phi) is 4.80. The van der Waals surface area contributed by atoms with Crippen LogP contribution in [-0.4, -0.2) is 6.29 Å². The molecule has 0 radical (unpaired) electrons. The summed E-state index contributed by atoms with van der Waals surface area (Å²) in [6, 6.07) is 0. The van der Waals surface area contributed by atoms with Crippen LogP contribution in [0, 0.1) is 11.8 Å². The monoisotopic (exact) mass is 206 g/mol. The summed E-state index contributed by atoms with van der Waals surface area (Å²) in [7, 11) is 0. The van der Waals surface area contributed by atoms with Crippen LogP contribution in [0.15, 0.2) is 23.3 Å². The van der Waals surface area contributed by atoms with Crippen molar-refractivity contribution in [1.29, 1.82) is 0 Å². The van der Waals surface area contributed by atoms with Crippen molar-refractivity contribution in [3.8, 4) is 0 Å². The van der Waals surface area contributed by atoms with Gasteiger partial charge >= 0.3 is 0 Å². The van der Waals surface area contributed by atoms with E-state index in [2.05, 4.69) is 32.9 Å². The summed E-state index contributed by atoms with van der Waals surface area (Å²) in [4.78, 5) is 10.7. The molecule has 2 unspecified atom stereocenters. The zero-order valence-electron chi connectivity index (χ0n) is 10.1. The molecule has 15 heavy (non-hydrogen) atoms. The molecule has 0 aromatic carbocycles. The van der Waals surface area contributed by atoms with Gasteiger partial charge in [0.25, 0.3) is 0 Å². The summed E-state index contributed by atoms with van der Waals surface area (Å²) in [5, 5.41) is 0. The van der Waals surface area contributed by atoms with Gasteiger partial charge in [0, 0.05) is 5.92 Å². The van der Waals surface area contributed by atoms with Gasteiger partial charge in [0.2, 0.25) is 0 Å². The maximum Gasteiger partial charge on any atom is 0.123 e. The van der Waals surface area contributed by atoms with E-state index in [1.807, 2.05) is 0 Å². The van der Waals surface area contributed by atoms with E-state index < -0.39 is 0 Å². The Morgan fingerprint density at radius 1 is 1.53 bits per heavy atom. The van der Waals surface area contributed by atoms with Crippen molar-refractivity contribution < 1.29 is 4.79 Å². The summed E-state index contributed by atoms with van der Waals surface area (Å²) in [6.45, 7) is 6.47. The lowest BCUT2D eigenvalue weighted by Crippen LogP contribution is -2.17. The predicted octanol–water partition coefficient (Wildman–Crippen LogP) is 3.90. The molecule has 0 aromatic rings. The quantitative estimate of drug-likeness (QED) is 0.503. The van der Waals surface area contributed by atoms with Crippen LogP contribution in [0.4, 0.5) is 0 Å². The average Bonchev–Trinajstić information content (AvgIpc) is 2.17. The SMILES string of the molecule is CC(C)=CCCC1=CCC(C=O)C(C)C1. The van der Waals surface area contributed by atoms with E-state index in [-0.39, 0.29) is 5.92 Å². The summed E-state index contributed by atoms with van der Waals surface area (Å²) >= 11 is 0. The average molecular weight is 206 g/mol. The summed E-state index contributed by atoms with van der Waals surface area (Å²) in [5.41, 5.74) is 2.93. The van der Waals surface area contributed by atoms with Gasteiger partial charge in [-0.25, -0.2) is 0 Å². The van der Waals surface area contributed by atoms with Gasteiger partial charge in [-0.3, -0.25) is 0 Å². The van der Waals surface area contributed by atoms with E-state index in [0.717, 1.165) is 25.5 Å². The fourth-order valence-corrected chi connectivity index (χ4v) is 2.12. The molecule has 0 saturated carbocycles. The fourth-order valence-electron chi connectivity index (χ4n) is 2.12. The second kappa shape index (κ2) is 5.89. The molecule has 0 bridgehead atoms. The molecule has 2 atom stereocenters. The highest BCUT2D eigenvalue weighted by Crippen LogP contribution is 2.30. The summed E-state index contributed by atoms with van der Waals surface area (Å²) in [6.07, 6.45) is 10.1. The Hall–Kier alpha value is -0.850. The Morgan fingerprint density at radius 2 is 2.27 bits per heavy atom. The molecule has 1 nitrogen and oxygen atoms in total. The minimum Gasteiger partial charge on any atom is -0.303 e. The Morgan fingerprint density at radius 3 is 2.80 bits per heavy atom. The number of allylic oxidation sites excluding steroid dienone is 4. The van der Waals surface area contributed by atoms with Gasteiger partial charge in [-0.15, -0.1) is 0 Å². The van der Waals surface area contributed by atoms with Gasteiger partial charge < -0.3 is 4.79 Å². The molecule has 0 spiro atoms. The third-order valence-electron chi connectivity index (χ3n) is 3.19. The van der Waals surface area contributed by atoms with Crippen LogP contribution in [0.2, 0.25) is 0 Å². The van der Waals surface area contributed by atoms with Crippen molar-refractivity contribution in [2.75, 3.05) is 0 Å². The zero-order chi connectivity index (χ0) is 11.3. The maximum absolute atomic E-state index is 10.7. The molecule has 84 valence electrons. The Balaban J connectivity index is 2.41. The lowest BCUT2D eigenvalue weighted by Gasteiger charge is -2.24. The summed E-state index contributed by atoms with van der Waals surface area (Å²) in [5.74, 6) is 0.798. The van der Waals surface area contributed by atoms with Gasteiger partial charge in [0.05, 0.1) is 0 Å². The number of carbonyl (C=O) groups excluding carboxylic acids is 1. The van der Waals surface area contributed by atoms with Crippen LogP contribution < -0.4 is 0 Å². The van der Waals surface area contributed by atoms with Gasteiger partial charge in [0.1, 0.15) is 6.29 Å². The highest BCUT2D eigenvalue weighted by molar-refractivity contribution is 5.55. The van der Waals surface area contributed by atoms with E-state index >= 15 is 0 Å². The molecule has 0 N–H and O–H groups in total. The minimum absolute atomic E-state index is 0.261. The molecule has 0 aromatic heterocycles. The molecule has 0 heterocycles. The van der Waals surface area contributed by atoms with Crippen molar-refractivity contribution in [2.24, 2.45) is 11.8 Å². The van der Waals surface area contributed by atoms with E-state index in [1.165, 1.54) is 17.6 Å². The normalized spacial score (nSPS) is 25.7. The molecule has 1 heteroatoms. The first-order valence-electron chi connectivity index (χ1n) is 5.90. The second-order valence-electron chi connectivity index (χ2n) is 4.90. The lowest BCUT2D eigenvalue weighted by molar-refractivity contribution is -0.112. The van der Waals surface area contributed by atoms with Gasteiger partial charge in [-0.1, -0.05) is 30.2 Å². The highest BCUT2D eigenvalue weighted by Gasteiger charge is 2.20. The zero-order valence-corrected chi connectivity index (χ0v) is 10.1. The molecule has 0 aliphatic heterocycles. The van der Waals surface area contributed by atoms with Crippen molar-refractivity contribution in [3.63, 3.8) is 0 Å². The molecular formula is C14H22O. The van der Waals surface area contributed by atoms with Crippen LogP contribution >= 0.6 is 0 Å². The summed E-state index contributed by atoms with van der Waals surface area (Å²) < 4.78 is 0. The van der Waals surface area contributed by atoms with Crippen molar-refractivity contribution >= 4 is 6.29 Å². The molecule has 1 aliphatic rings. The standard InChI is InChI=1S/C14H22O/c1-11(2)5-4-6-13-7-8-14(10-15)12(3)9-13/h5,7,10,12,14H,4,6,8-9H2,1-3H3. The largest absolute Gasteiger partial charge is 0.303 e. The lowest BCUT2D eigenvalue weighted by atomic mass is 9.80. The number of carbonyl (C=O) groups is 1. The Labute approximate surface area is 93.3 Å². The number of hydrogen-bond acceptors (Lipinski definition) is 1. The van der Waals surface area contributed by atoms with E-state index in [1.54, 1.807) is 0 Å². The van der Waals surface area contributed by atoms with E-state index in [0.29, 0.717) is 5.92 Å². The van der Waals surface area contributed by atoms with Gasteiger partial charge in [0.15, 0.2) is 0 Å². The first-order chi connectivity index (χ1) is 7.13. The van der Waals surface area contributed by atoms with Crippen LogP contribution in [0.25, 0.3) is 0 Å². The third-order valence-corrected chi connectivity index (χ3v) is 3.19. The molecule has 1 rings (SSSR count). The van der Waals surface area contributed by atoms with Crippen molar-refractivity contribution in [1.82, 2.24) is 0 Å². The first-order valence-corrected chi connectivity index (χ1v) is 5.90. The van der Waals surface area contributed by atoms with Gasteiger partial charge in [-0.2, -0.15) is 0 Å². The van der Waals surface area contributed by atoms with Crippen LogP contribution in [0.3, 0.4) is 0 Å².